The van der Waals surface area contributed by atoms with E-state index in [1.807, 2.05) is 0 Å². The second kappa shape index (κ2) is 12.7. The molecule has 0 radical (unpaired) electrons. The van der Waals surface area contributed by atoms with E-state index in [2.05, 4.69) is 10.1 Å². The third-order valence-electron chi connectivity index (χ3n) is 1.84. The lowest BCUT2D eigenvalue weighted by Crippen LogP contribution is -2.22. The van der Waals surface area contributed by atoms with Crippen LogP contribution in [0.1, 0.15) is 25.7 Å². The molecule has 0 saturated carbocycles. The fourth-order valence-corrected chi connectivity index (χ4v) is 1.57. The van der Waals surface area contributed by atoms with Crippen LogP contribution in [0.4, 0.5) is 4.79 Å². The van der Waals surface area contributed by atoms with Crippen molar-refractivity contribution in [2.24, 2.45) is 11.6 Å². The van der Waals surface area contributed by atoms with Gasteiger partial charge in [-0.1, -0.05) is 12.8 Å². The molecule has 0 aromatic carbocycles. The molecule has 6 nitrogen and oxygen atoms in total. The van der Waals surface area contributed by atoms with Crippen LogP contribution in [-0.2, 0) is 4.74 Å². The van der Waals surface area contributed by atoms with Gasteiger partial charge in [-0.2, -0.15) is 0 Å². The zero-order chi connectivity index (χ0) is 12.1. The van der Waals surface area contributed by atoms with Crippen LogP contribution in [0.2, 0.25) is 0 Å². The first kappa shape index (κ1) is 15.7. The Bertz CT molecular complexity index is 172. The molecule has 0 aliphatic carbocycles. The molecule has 0 aliphatic rings. The van der Waals surface area contributed by atoms with Crippen molar-refractivity contribution in [2.45, 2.75) is 25.7 Å². The molecular formula is C9H22N4O2S. The van der Waals surface area contributed by atoms with E-state index in [1.165, 1.54) is 0 Å². The second-order valence-electron chi connectivity index (χ2n) is 3.25. The maximum absolute atomic E-state index is 11.0. The summed E-state index contributed by atoms with van der Waals surface area (Å²) in [7, 11) is 0. The summed E-state index contributed by atoms with van der Waals surface area (Å²) in [6.07, 6.45) is 4.41. The van der Waals surface area contributed by atoms with Crippen molar-refractivity contribution in [1.29, 1.82) is 0 Å². The molecule has 7 heteroatoms. The number of carbonyl (C=O) groups is 1. The predicted molar refractivity (Wildman–Crippen MR) is 66.7 cm³/mol. The summed E-state index contributed by atoms with van der Waals surface area (Å²) < 4.78 is 7.71. The Kier molecular flexibility index (Phi) is 12.5. The molecule has 0 saturated heterocycles. The molecule has 0 fully saturated rings. The van der Waals surface area contributed by atoms with Crippen LogP contribution in [0.15, 0.2) is 0 Å². The molecule has 0 aromatic rings. The number of nitrogens with two attached hydrogens (primary N) is 2. The number of hydrogen-bond acceptors (Lipinski definition) is 7. The Morgan fingerprint density at radius 1 is 1.19 bits per heavy atom. The highest BCUT2D eigenvalue weighted by Gasteiger charge is 2.01. The van der Waals surface area contributed by atoms with E-state index in [4.69, 9.17) is 16.3 Å². The SMILES string of the molecule is NCCOC(=O)SNCCCCCCNN. The fraction of sp³-hybridized carbons (Fsp3) is 0.889. The number of nitrogens with one attached hydrogen (secondary N) is 2. The van der Waals surface area contributed by atoms with Gasteiger partial charge in [-0.05, 0) is 12.8 Å². The maximum Gasteiger partial charge on any atom is 0.382 e. The molecular weight excluding hydrogens is 228 g/mol. The van der Waals surface area contributed by atoms with Gasteiger partial charge in [-0.25, -0.2) is 4.79 Å². The zero-order valence-corrected chi connectivity index (χ0v) is 10.4. The molecule has 0 aliphatic heterocycles. The number of ether oxygens (including phenoxy) is 1. The van der Waals surface area contributed by atoms with Crippen molar-refractivity contribution in [3.05, 3.63) is 0 Å². The quantitative estimate of drug-likeness (QED) is 0.146. The van der Waals surface area contributed by atoms with E-state index in [0.717, 1.165) is 50.7 Å². The molecule has 0 heterocycles. The second-order valence-corrected chi connectivity index (χ2v) is 4.08. The zero-order valence-electron chi connectivity index (χ0n) is 9.54. The third kappa shape index (κ3) is 11.7. The van der Waals surface area contributed by atoms with Crippen LogP contribution < -0.4 is 21.7 Å². The topological polar surface area (TPSA) is 102 Å². The highest BCUT2D eigenvalue weighted by Crippen LogP contribution is 2.02. The molecule has 0 spiro atoms. The van der Waals surface area contributed by atoms with Gasteiger partial charge < -0.3 is 10.5 Å². The number of carbonyl (C=O) groups excluding carboxylic acids is 1. The Balaban J connectivity index is 3.05. The van der Waals surface area contributed by atoms with Gasteiger partial charge in [0.25, 0.3) is 0 Å². The standard InChI is InChI=1S/C9H22N4O2S/c10-5-8-15-9(14)16-13-7-4-2-1-3-6-12-11/h12-13H,1-8,10-11H2. The Hall–Kier alpha value is -0.340. The van der Waals surface area contributed by atoms with Crippen LogP contribution in [0, 0.1) is 0 Å². The first-order valence-electron chi connectivity index (χ1n) is 5.51. The normalized spacial score (nSPS) is 10.4. The van der Waals surface area contributed by atoms with Gasteiger partial charge in [0.05, 0.1) is 0 Å². The minimum Gasteiger partial charge on any atom is -0.455 e. The average molecular weight is 250 g/mol. The van der Waals surface area contributed by atoms with E-state index < -0.39 is 0 Å². The summed E-state index contributed by atoms with van der Waals surface area (Å²) in [5, 5.41) is -0.321. The minimum atomic E-state index is -0.321. The lowest BCUT2D eigenvalue weighted by Gasteiger charge is -2.04. The van der Waals surface area contributed by atoms with Gasteiger partial charge >= 0.3 is 5.30 Å². The molecule has 0 atom stereocenters. The van der Waals surface area contributed by atoms with E-state index in [1.54, 1.807) is 0 Å². The molecule has 96 valence electrons. The van der Waals surface area contributed by atoms with Crippen molar-refractivity contribution >= 4 is 17.2 Å². The van der Waals surface area contributed by atoms with Crippen molar-refractivity contribution in [3.63, 3.8) is 0 Å². The highest BCUT2D eigenvalue weighted by atomic mass is 32.2. The van der Waals surface area contributed by atoms with Crippen LogP contribution in [-0.4, -0.2) is 31.5 Å². The van der Waals surface area contributed by atoms with Gasteiger partial charge in [0.2, 0.25) is 0 Å². The Morgan fingerprint density at radius 2 is 1.88 bits per heavy atom. The lowest BCUT2D eigenvalue weighted by atomic mass is 10.2. The first-order chi connectivity index (χ1) is 7.81. The number of rotatable bonds is 10. The van der Waals surface area contributed by atoms with E-state index in [-0.39, 0.29) is 11.9 Å². The summed E-state index contributed by atoms with van der Waals surface area (Å²) in [6.45, 7) is 2.30. The fourth-order valence-electron chi connectivity index (χ4n) is 1.06. The molecule has 0 rings (SSSR count). The summed E-state index contributed by atoms with van der Waals surface area (Å²) >= 11 is 0.986. The Morgan fingerprint density at radius 3 is 2.50 bits per heavy atom. The first-order valence-corrected chi connectivity index (χ1v) is 6.33. The molecule has 6 N–H and O–H groups in total. The van der Waals surface area contributed by atoms with Crippen molar-refractivity contribution in [1.82, 2.24) is 10.1 Å². The van der Waals surface area contributed by atoms with Crippen LogP contribution in [0.3, 0.4) is 0 Å². The highest BCUT2D eigenvalue weighted by molar-refractivity contribution is 8.11. The molecule has 16 heavy (non-hydrogen) atoms. The molecule has 0 amide bonds. The number of unbranched alkanes of at least 4 members (excludes halogenated alkanes) is 3. The summed E-state index contributed by atoms with van der Waals surface area (Å²) in [5.41, 5.74) is 7.80. The summed E-state index contributed by atoms with van der Waals surface area (Å²) in [4.78, 5) is 11.0. The largest absolute Gasteiger partial charge is 0.455 e. The Labute approximate surface area is 101 Å². The average Bonchev–Trinajstić information content (AvgIpc) is 2.30. The van der Waals surface area contributed by atoms with Gasteiger partial charge in [0.15, 0.2) is 0 Å². The maximum atomic E-state index is 11.0. The van der Waals surface area contributed by atoms with Crippen LogP contribution in [0.5, 0.6) is 0 Å². The molecule has 0 unspecified atom stereocenters. The smallest absolute Gasteiger partial charge is 0.382 e. The number of hydrazine groups is 1. The van der Waals surface area contributed by atoms with Gasteiger partial charge in [-0.3, -0.25) is 16.0 Å². The van der Waals surface area contributed by atoms with E-state index in [0.29, 0.717) is 6.54 Å². The van der Waals surface area contributed by atoms with Crippen molar-refractivity contribution in [2.75, 3.05) is 26.2 Å². The van der Waals surface area contributed by atoms with Crippen molar-refractivity contribution < 1.29 is 9.53 Å². The van der Waals surface area contributed by atoms with Crippen LogP contribution in [0.25, 0.3) is 0 Å². The van der Waals surface area contributed by atoms with E-state index in [9.17, 15) is 4.79 Å². The molecule has 0 bridgehead atoms. The number of hydrogen-bond donors (Lipinski definition) is 4. The van der Waals surface area contributed by atoms with Crippen LogP contribution >= 0.6 is 11.9 Å². The lowest BCUT2D eigenvalue weighted by molar-refractivity contribution is 0.178. The minimum absolute atomic E-state index is 0.277. The predicted octanol–water partition coefficient (Wildman–Crippen LogP) is 0.343. The molecule has 0 aromatic heterocycles. The van der Waals surface area contributed by atoms with Gasteiger partial charge in [0, 0.05) is 31.6 Å². The monoisotopic (exact) mass is 250 g/mol. The van der Waals surface area contributed by atoms with E-state index >= 15 is 0 Å². The summed E-state index contributed by atoms with van der Waals surface area (Å²) in [6, 6.07) is 0. The van der Waals surface area contributed by atoms with Gasteiger partial charge in [0.1, 0.15) is 6.61 Å². The van der Waals surface area contributed by atoms with Crippen molar-refractivity contribution in [3.8, 4) is 0 Å². The summed E-state index contributed by atoms with van der Waals surface area (Å²) in [5.74, 6) is 5.14. The van der Waals surface area contributed by atoms with Gasteiger partial charge in [-0.15, -0.1) is 0 Å². The third-order valence-corrected chi connectivity index (χ3v) is 2.48.